The highest BCUT2D eigenvalue weighted by molar-refractivity contribution is 5.92. The molecule has 20 heavy (non-hydrogen) atoms. The van der Waals surface area contributed by atoms with Crippen LogP contribution in [-0.4, -0.2) is 19.1 Å². The van der Waals surface area contributed by atoms with Gasteiger partial charge in [-0.05, 0) is 12.8 Å². The second kappa shape index (κ2) is 13.9. The van der Waals surface area contributed by atoms with Crippen LogP contribution < -0.4 is 5.32 Å². The Morgan fingerprint density at radius 1 is 1.10 bits per heavy atom. The van der Waals surface area contributed by atoms with Crippen LogP contribution in [0.4, 0.5) is 0 Å². The van der Waals surface area contributed by atoms with Crippen LogP contribution in [0.2, 0.25) is 0 Å². The van der Waals surface area contributed by atoms with Crippen LogP contribution in [0.15, 0.2) is 11.8 Å². The third-order valence-corrected chi connectivity index (χ3v) is 2.99. The molecule has 0 aliphatic carbocycles. The molecule has 4 nitrogen and oxygen atoms in total. The van der Waals surface area contributed by atoms with E-state index in [4.69, 9.17) is 10.00 Å². The summed E-state index contributed by atoms with van der Waals surface area (Å²) in [5, 5.41) is 11.9. The van der Waals surface area contributed by atoms with Crippen molar-refractivity contribution in [2.45, 2.75) is 65.2 Å². The molecule has 0 aliphatic rings. The van der Waals surface area contributed by atoms with Gasteiger partial charge in [0.25, 0.3) is 0 Å². The quantitative estimate of drug-likeness (QED) is 0.256. The minimum Gasteiger partial charge on any atom is -0.462 e. The van der Waals surface area contributed by atoms with E-state index in [1.807, 2.05) is 6.07 Å². The first-order valence-corrected chi connectivity index (χ1v) is 7.77. The Labute approximate surface area is 123 Å². The molecule has 114 valence electrons. The first-order chi connectivity index (χ1) is 9.76. The van der Waals surface area contributed by atoms with E-state index < -0.39 is 5.97 Å². The largest absolute Gasteiger partial charge is 0.462 e. The molecule has 0 radical (unpaired) electrons. The summed E-state index contributed by atoms with van der Waals surface area (Å²) in [5.41, 5.74) is 0.0518. The van der Waals surface area contributed by atoms with Gasteiger partial charge in [0.1, 0.15) is 6.07 Å². The number of unbranched alkanes of at least 4 members (excludes halogenated alkanes) is 6. The lowest BCUT2D eigenvalue weighted by Crippen LogP contribution is -2.13. The maximum Gasteiger partial charge on any atom is 0.350 e. The fourth-order valence-corrected chi connectivity index (χ4v) is 1.74. The van der Waals surface area contributed by atoms with Crippen LogP contribution in [0.25, 0.3) is 0 Å². The Morgan fingerprint density at radius 3 is 2.35 bits per heavy atom. The van der Waals surface area contributed by atoms with Gasteiger partial charge >= 0.3 is 5.97 Å². The molecule has 0 aromatic carbocycles. The molecule has 0 saturated carbocycles. The van der Waals surface area contributed by atoms with Gasteiger partial charge in [0.15, 0.2) is 5.57 Å². The van der Waals surface area contributed by atoms with Gasteiger partial charge in [-0.1, -0.05) is 52.4 Å². The van der Waals surface area contributed by atoms with Crippen LogP contribution in [-0.2, 0) is 9.53 Å². The summed E-state index contributed by atoms with van der Waals surface area (Å²) in [6.07, 6.45) is 10.3. The molecule has 0 rings (SSSR count). The van der Waals surface area contributed by atoms with E-state index in [0.29, 0.717) is 6.61 Å². The van der Waals surface area contributed by atoms with Gasteiger partial charge in [-0.3, -0.25) is 0 Å². The Hall–Kier alpha value is -1.50. The molecule has 0 fully saturated rings. The second-order valence-corrected chi connectivity index (χ2v) is 4.88. The summed E-state index contributed by atoms with van der Waals surface area (Å²) in [5.74, 6) is -0.523. The SMILES string of the molecule is CCCCCCN/C=C(\C#N)C(=O)OCCCCCC. The lowest BCUT2D eigenvalue weighted by atomic mass is 10.2. The molecule has 0 heterocycles. The summed E-state index contributed by atoms with van der Waals surface area (Å²) in [6, 6.07) is 1.88. The highest BCUT2D eigenvalue weighted by atomic mass is 16.5. The van der Waals surface area contributed by atoms with Gasteiger partial charge in [0, 0.05) is 12.7 Å². The normalized spacial score (nSPS) is 10.9. The van der Waals surface area contributed by atoms with Crippen molar-refractivity contribution in [3.8, 4) is 6.07 Å². The van der Waals surface area contributed by atoms with Gasteiger partial charge < -0.3 is 10.1 Å². The number of carbonyl (C=O) groups excluding carboxylic acids is 1. The molecule has 0 amide bonds. The summed E-state index contributed by atoms with van der Waals surface area (Å²) in [6.45, 7) is 5.48. The number of hydrogen-bond acceptors (Lipinski definition) is 4. The first-order valence-electron chi connectivity index (χ1n) is 7.77. The Morgan fingerprint density at radius 2 is 1.75 bits per heavy atom. The summed E-state index contributed by atoms with van der Waals surface area (Å²) in [7, 11) is 0. The van der Waals surface area contributed by atoms with Gasteiger partial charge in [-0.25, -0.2) is 4.79 Å². The third kappa shape index (κ3) is 10.4. The van der Waals surface area contributed by atoms with Crippen molar-refractivity contribution in [2.75, 3.05) is 13.2 Å². The summed E-state index contributed by atoms with van der Waals surface area (Å²) >= 11 is 0. The van der Waals surface area contributed by atoms with Gasteiger partial charge in [-0.2, -0.15) is 5.26 Å². The topological polar surface area (TPSA) is 62.1 Å². The average molecular weight is 280 g/mol. The predicted octanol–water partition coefficient (Wildman–Crippen LogP) is 3.69. The monoisotopic (exact) mass is 280 g/mol. The average Bonchev–Trinajstić information content (AvgIpc) is 2.46. The maximum atomic E-state index is 11.6. The molecule has 0 atom stereocenters. The number of nitrogens with zero attached hydrogens (tertiary/aromatic N) is 1. The Bertz CT molecular complexity index is 319. The van der Waals surface area contributed by atoms with Crippen LogP contribution in [0, 0.1) is 11.3 Å². The number of nitriles is 1. The number of hydrogen-bond donors (Lipinski definition) is 1. The second-order valence-electron chi connectivity index (χ2n) is 4.88. The van der Waals surface area contributed by atoms with E-state index in [1.165, 1.54) is 25.5 Å². The van der Waals surface area contributed by atoms with Crippen LogP contribution >= 0.6 is 0 Å². The van der Waals surface area contributed by atoms with Crippen molar-refractivity contribution in [3.63, 3.8) is 0 Å². The predicted molar refractivity (Wildman–Crippen MR) is 80.9 cm³/mol. The van der Waals surface area contributed by atoms with Crippen LogP contribution in [0.1, 0.15) is 65.2 Å². The molecule has 0 saturated heterocycles. The van der Waals surface area contributed by atoms with Gasteiger partial charge in [0.05, 0.1) is 6.61 Å². The fourth-order valence-electron chi connectivity index (χ4n) is 1.74. The van der Waals surface area contributed by atoms with E-state index in [2.05, 4.69) is 19.2 Å². The highest BCUT2D eigenvalue weighted by Gasteiger charge is 2.09. The van der Waals surface area contributed by atoms with E-state index in [0.717, 1.165) is 38.6 Å². The van der Waals surface area contributed by atoms with Gasteiger partial charge in [0.2, 0.25) is 0 Å². The van der Waals surface area contributed by atoms with E-state index in [-0.39, 0.29) is 5.57 Å². The molecule has 0 aliphatic heterocycles. The van der Waals surface area contributed by atoms with Crippen molar-refractivity contribution in [2.24, 2.45) is 0 Å². The number of ether oxygens (including phenoxy) is 1. The van der Waals surface area contributed by atoms with E-state index >= 15 is 0 Å². The highest BCUT2D eigenvalue weighted by Crippen LogP contribution is 2.02. The third-order valence-electron chi connectivity index (χ3n) is 2.99. The zero-order chi connectivity index (χ0) is 15.1. The molecule has 0 bridgehead atoms. The molecular weight excluding hydrogens is 252 g/mol. The molecule has 0 aromatic rings. The summed E-state index contributed by atoms with van der Waals surface area (Å²) in [4.78, 5) is 11.6. The van der Waals surface area contributed by atoms with Crippen LogP contribution in [0.5, 0.6) is 0 Å². The molecule has 4 heteroatoms. The zero-order valence-electron chi connectivity index (χ0n) is 12.9. The molecule has 0 unspecified atom stereocenters. The molecule has 1 N–H and O–H groups in total. The van der Waals surface area contributed by atoms with Crippen molar-refractivity contribution in [3.05, 3.63) is 11.8 Å². The van der Waals surface area contributed by atoms with Crippen molar-refractivity contribution in [1.29, 1.82) is 5.26 Å². The maximum absolute atomic E-state index is 11.6. The van der Waals surface area contributed by atoms with Crippen molar-refractivity contribution < 1.29 is 9.53 Å². The fraction of sp³-hybridized carbons (Fsp3) is 0.750. The number of nitrogens with one attached hydrogen (secondary N) is 1. The minimum absolute atomic E-state index is 0.0518. The number of carbonyl (C=O) groups is 1. The standard InChI is InChI=1S/C16H28N2O2/c1-3-5-7-9-11-18-14-15(13-17)16(19)20-12-10-8-6-4-2/h14,18H,3-12H2,1-2H3/b15-14+. The molecule has 0 spiro atoms. The number of esters is 1. The molecule has 0 aromatic heterocycles. The summed E-state index contributed by atoms with van der Waals surface area (Å²) < 4.78 is 5.07. The smallest absolute Gasteiger partial charge is 0.350 e. The van der Waals surface area contributed by atoms with Crippen molar-refractivity contribution >= 4 is 5.97 Å². The number of rotatable bonds is 12. The van der Waals surface area contributed by atoms with E-state index in [1.54, 1.807) is 0 Å². The minimum atomic E-state index is -0.523. The lowest BCUT2D eigenvalue weighted by Gasteiger charge is -2.04. The van der Waals surface area contributed by atoms with Crippen molar-refractivity contribution in [1.82, 2.24) is 5.32 Å². The van der Waals surface area contributed by atoms with Crippen LogP contribution in [0.3, 0.4) is 0 Å². The Kier molecular flexibility index (Phi) is 12.9. The first kappa shape index (κ1) is 18.5. The van der Waals surface area contributed by atoms with Gasteiger partial charge in [-0.15, -0.1) is 0 Å². The lowest BCUT2D eigenvalue weighted by molar-refractivity contribution is -0.138. The van der Waals surface area contributed by atoms with E-state index in [9.17, 15) is 4.79 Å². The zero-order valence-corrected chi connectivity index (χ0v) is 12.9. The molecular formula is C16H28N2O2. The Balaban J connectivity index is 3.81.